The molecule has 0 amide bonds. The van der Waals surface area contributed by atoms with Gasteiger partial charge in [-0.2, -0.15) is 5.10 Å². The van der Waals surface area contributed by atoms with Crippen molar-refractivity contribution in [2.75, 3.05) is 5.73 Å². The Morgan fingerprint density at radius 3 is 2.78 bits per heavy atom. The van der Waals surface area contributed by atoms with Gasteiger partial charge in [-0.25, -0.2) is 9.97 Å². The quantitative estimate of drug-likeness (QED) is 0.898. The number of hydrogen-bond donors (Lipinski definition) is 1. The number of aromatic nitrogens is 4. The first-order chi connectivity index (χ1) is 8.65. The third kappa shape index (κ3) is 2.20. The van der Waals surface area contributed by atoms with Crippen LogP contribution in [-0.2, 0) is 6.42 Å². The van der Waals surface area contributed by atoms with Crippen LogP contribution in [0.3, 0.4) is 0 Å². The van der Waals surface area contributed by atoms with E-state index >= 15 is 0 Å². The highest BCUT2D eigenvalue weighted by atomic mass is 15.3. The molecule has 2 rings (SSSR count). The van der Waals surface area contributed by atoms with Crippen molar-refractivity contribution in [3.8, 4) is 11.4 Å². The van der Waals surface area contributed by atoms with Gasteiger partial charge in [0.25, 0.3) is 0 Å². The standard InChI is InChI=1S/C13H19N5/c1-4-5-10-12(15-8-16-13(10)14)11-6-7-17-18(11)9(2)3/h6-9H,4-5H2,1-3H3,(H2,14,15,16). The molecule has 0 fully saturated rings. The van der Waals surface area contributed by atoms with Crippen molar-refractivity contribution in [2.24, 2.45) is 0 Å². The summed E-state index contributed by atoms with van der Waals surface area (Å²) in [6.45, 7) is 6.32. The van der Waals surface area contributed by atoms with Gasteiger partial charge in [0.05, 0.1) is 11.4 Å². The minimum atomic E-state index is 0.292. The maximum Gasteiger partial charge on any atom is 0.130 e. The smallest absolute Gasteiger partial charge is 0.130 e. The zero-order valence-electron chi connectivity index (χ0n) is 11.1. The van der Waals surface area contributed by atoms with Crippen molar-refractivity contribution in [3.63, 3.8) is 0 Å². The topological polar surface area (TPSA) is 69.6 Å². The van der Waals surface area contributed by atoms with E-state index in [1.165, 1.54) is 6.33 Å². The van der Waals surface area contributed by atoms with Crippen LogP contribution in [0.5, 0.6) is 0 Å². The maximum atomic E-state index is 5.96. The molecule has 96 valence electrons. The second-order valence-electron chi connectivity index (χ2n) is 4.59. The van der Waals surface area contributed by atoms with Crippen molar-refractivity contribution in [1.82, 2.24) is 19.7 Å². The molecule has 0 spiro atoms. The molecule has 0 saturated heterocycles. The number of nitrogens with two attached hydrogens (primary N) is 1. The summed E-state index contributed by atoms with van der Waals surface area (Å²) in [5.74, 6) is 0.568. The lowest BCUT2D eigenvalue weighted by molar-refractivity contribution is 0.537. The van der Waals surface area contributed by atoms with E-state index in [0.717, 1.165) is 29.8 Å². The fourth-order valence-corrected chi connectivity index (χ4v) is 2.06. The monoisotopic (exact) mass is 245 g/mol. The highest BCUT2D eigenvalue weighted by Gasteiger charge is 2.15. The molecule has 18 heavy (non-hydrogen) atoms. The Morgan fingerprint density at radius 1 is 1.33 bits per heavy atom. The van der Waals surface area contributed by atoms with Crippen LogP contribution in [0, 0.1) is 0 Å². The highest BCUT2D eigenvalue weighted by Crippen LogP contribution is 2.26. The van der Waals surface area contributed by atoms with Crippen LogP contribution in [0.2, 0.25) is 0 Å². The summed E-state index contributed by atoms with van der Waals surface area (Å²) in [6.07, 6.45) is 5.20. The summed E-state index contributed by atoms with van der Waals surface area (Å²) >= 11 is 0. The van der Waals surface area contributed by atoms with Crippen molar-refractivity contribution in [2.45, 2.75) is 39.7 Å². The first kappa shape index (κ1) is 12.5. The second kappa shape index (κ2) is 5.16. The summed E-state index contributed by atoms with van der Waals surface area (Å²) in [5, 5.41) is 4.34. The predicted octanol–water partition coefficient (Wildman–Crippen LogP) is 2.46. The molecule has 0 bridgehead atoms. The van der Waals surface area contributed by atoms with E-state index in [1.807, 2.05) is 10.7 Å². The van der Waals surface area contributed by atoms with E-state index in [0.29, 0.717) is 11.9 Å². The van der Waals surface area contributed by atoms with E-state index < -0.39 is 0 Å². The Labute approximate surface area is 107 Å². The van der Waals surface area contributed by atoms with Gasteiger partial charge in [0.2, 0.25) is 0 Å². The van der Waals surface area contributed by atoms with E-state index in [9.17, 15) is 0 Å². The Balaban J connectivity index is 2.56. The molecule has 0 aliphatic rings. The molecule has 0 aliphatic heterocycles. The highest BCUT2D eigenvalue weighted by molar-refractivity contribution is 5.64. The lowest BCUT2D eigenvalue weighted by Crippen LogP contribution is -2.08. The lowest BCUT2D eigenvalue weighted by Gasteiger charge is -2.14. The first-order valence-electron chi connectivity index (χ1n) is 6.28. The SMILES string of the molecule is CCCc1c(N)ncnc1-c1ccnn1C(C)C. The van der Waals surface area contributed by atoms with Gasteiger partial charge in [-0.1, -0.05) is 13.3 Å². The third-order valence-electron chi connectivity index (χ3n) is 2.88. The zero-order chi connectivity index (χ0) is 13.1. The molecule has 0 saturated carbocycles. The third-order valence-corrected chi connectivity index (χ3v) is 2.88. The van der Waals surface area contributed by atoms with Gasteiger partial charge in [0.1, 0.15) is 12.1 Å². The molecule has 2 heterocycles. The minimum Gasteiger partial charge on any atom is -0.383 e. The first-order valence-corrected chi connectivity index (χ1v) is 6.28. The van der Waals surface area contributed by atoms with Gasteiger partial charge in [-0.05, 0) is 26.3 Å². The molecule has 0 radical (unpaired) electrons. The van der Waals surface area contributed by atoms with Crippen LogP contribution >= 0.6 is 0 Å². The van der Waals surface area contributed by atoms with Gasteiger partial charge >= 0.3 is 0 Å². The fourth-order valence-electron chi connectivity index (χ4n) is 2.06. The van der Waals surface area contributed by atoms with Crippen molar-refractivity contribution < 1.29 is 0 Å². The summed E-state index contributed by atoms with van der Waals surface area (Å²) in [4.78, 5) is 8.47. The minimum absolute atomic E-state index is 0.292. The van der Waals surface area contributed by atoms with Crippen LogP contribution in [0.4, 0.5) is 5.82 Å². The molecule has 0 aromatic carbocycles. The normalized spacial score (nSPS) is 11.1. The fraction of sp³-hybridized carbons (Fsp3) is 0.462. The summed E-state index contributed by atoms with van der Waals surface area (Å²) in [7, 11) is 0. The lowest BCUT2D eigenvalue weighted by atomic mass is 10.1. The molecular formula is C13H19N5. The van der Waals surface area contributed by atoms with Gasteiger partial charge in [-0.3, -0.25) is 4.68 Å². The van der Waals surface area contributed by atoms with E-state index in [1.54, 1.807) is 6.20 Å². The predicted molar refractivity (Wildman–Crippen MR) is 72.0 cm³/mol. The molecule has 5 nitrogen and oxygen atoms in total. The Bertz CT molecular complexity index is 530. The Morgan fingerprint density at radius 2 is 2.11 bits per heavy atom. The maximum absolute atomic E-state index is 5.96. The largest absolute Gasteiger partial charge is 0.383 e. The molecule has 2 N–H and O–H groups in total. The number of hydrogen-bond acceptors (Lipinski definition) is 4. The van der Waals surface area contributed by atoms with Gasteiger partial charge in [0, 0.05) is 17.8 Å². The average molecular weight is 245 g/mol. The van der Waals surface area contributed by atoms with Crippen molar-refractivity contribution >= 4 is 5.82 Å². The van der Waals surface area contributed by atoms with Crippen molar-refractivity contribution in [1.29, 1.82) is 0 Å². The summed E-state index contributed by atoms with van der Waals surface area (Å²) in [5.41, 5.74) is 8.88. The summed E-state index contributed by atoms with van der Waals surface area (Å²) < 4.78 is 1.96. The molecule has 0 unspecified atom stereocenters. The van der Waals surface area contributed by atoms with Gasteiger partial charge < -0.3 is 5.73 Å². The van der Waals surface area contributed by atoms with Crippen LogP contribution in [0.1, 0.15) is 38.8 Å². The molecule has 2 aromatic heterocycles. The van der Waals surface area contributed by atoms with Crippen LogP contribution in [-0.4, -0.2) is 19.7 Å². The van der Waals surface area contributed by atoms with Gasteiger partial charge in [0.15, 0.2) is 0 Å². The zero-order valence-corrected chi connectivity index (χ0v) is 11.1. The molecular weight excluding hydrogens is 226 g/mol. The van der Waals surface area contributed by atoms with Crippen LogP contribution < -0.4 is 5.73 Å². The number of anilines is 1. The average Bonchev–Trinajstić information content (AvgIpc) is 2.81. The van der Waals surface area contributed by atoms with Gasteiger partial charge in [-0.15, -0.1) is 0 Å². The van der Waals surface area contributed by atoms with E-state index in [-0.39, 0.29) is 0 Å². The van der Waals surface area contributed by atoms with Crippen LogP contribution in [0.25, 0.3) is 11.4 Å². The molecule has 0 aliphatic carbocycles. The van der Waals surface area contributed by atoms with Crippen LogP contribution in [0.15, 0.2) is 18.6 Å². The number of nitrogens with zero attached hydrogens (tertiary/aromatic N) is 4. The Hall–Kier alpha value is -1.91. The molecule has 5 heteroatoms. The Kier molecular flexibility index (Phi) is 3.60. The molecule has 0 atom stereocenters. The summed E-state index contributed by atoms with van der Waals surface area (Å²) in [6, 6.07) is 2.27. The van der Waals surface area contributed by atoms with Crippen molar-refractivity contribution in [3.05, 3.63) is 24.2 Å². The second-order valence-corrected chi connectivity index (χ2v) is 4.59. The number of nitrogen functional groups attached to an aromatic ring is 1. The number of rotatable bonds is 4. The molecule has 2 aromatic rings. The van der Waals surface area contributed by atoms with E-state index in [4.69, 9.17) is 5.73 Å². The van der Waals surface area contributed by atoms with E-state index in [2.05, 4.69) is 35.8 Å².